The van der Waals surface area contributed by atoms with Crippen LogP contribution in [0.1, 0.15) is 44.2 Å². The lowest BCUT2D eigenvalue weighted by Crippen LogP contribution is -2.24. The molecule has 7 nitrogen and oxygen atoms in total. The van der Waals surface area contributed by atoms with E-state index in [9.17, 15) is 9.59 Å². The Balaban J connectivity index is 1.58. The Bertz CT molecular complexity index is 1500. The third-order valence-corrected chi connectivity index (χ3v) is 6.67. The van der Waals surface area contributed by atoms with Gasteiger partial charge in [0.05, 0.1) is 0 Å². The topological polar surface area (TPSA) is 91.6 Å². The highest BCUT2D eigenvalue weighted by atomic mass is 16.5. The Morgan fingerprint density at radius 2 is 1.67 bits per heavy atom. The number of hydrogen-bond acceptors (Lipinski definition) is 5. The van der Waals surface area contributed by atoms with Crippen molar-refractivity contribution in [2.45, 2.75) is 46.1 Å². The Labute approximate surface area is 228 Å². The average molecular weight is 523 g/mol. The Morgan fingerprint density at radius 3 is 2.31 bits per heavy atom. The second-order valence-electron chi connectivity index (χ2n) is 9.56. The number of nitrogens with zero attached hydrogens (tertiary/aromatic N) is 3. The Morgan fingerprint density at radius 1 is 0.974 bits per heavy atom. The molecule has 4 aromatic rings. The number of unbranched alkanes of at least 4 members (excludes halogenated alkanes) is 1. The minimum absolute atomic E-state index is 0.386. The van der Waals surface area contributed by atoms with Crippen molar-refractivity contribution in [3.63, 3.8) is 0 Å². The number of nitrogens with one attached hydrogen (secondary N) is 1. The summed E-state index contributed by atoms with van der Waals surface area (Å²) in [6.45, 7) is 4.88. The summed E-state index contributed by atoms with van der Waals surface area (Å²) in [7, 11) is 2.02. The highest BCUT2D eigenvalue weighted by Crippen LogP contribution is 2.30. The average Bonchev–Trinajstić information content (AvgIpc) is 3.40. The van der Waals surface area contributed by atoms with Crippen LogP contribution in [0.5, 0.6) is 0 Å². The van der Waals surface area contributed by atoms with Crippen LogP contribution in [-0.2, 0) is 17.8 Å². The molecule has 0 saturated heterocycles. The van der Waals surface area contributed by atoms with Crippen LogP contribution in [0.3, 0.4) is 0 Å². The second-order valence-corrected chi connectivity index (χ2v) is 9.56. The summed E-state index contributed by atoms with van der Waals surface area (Å²) in [6, 6.07) is 26.0. The molecule has 0 amide bonds. The van der Waals surface area contributed by atoms with Crippen LogP contribution in [0.4, 0.5) is 0 Å². The zero-order chi connectivity index (χ0) is 27.6. The van der Waals surface area contributed by atoms with E-state index in [0.717, 1.165) is 65.9 Å². The van der Waals surface area contributed by atoms with Crippen LogP contribution >= 0.6 is 0 Å². The molecule has 0 fully saturated rings. The number of H-pyrrole nitrogens is 1. The number of amidine groups is 1. The van der Waals surface area contributed by atoms with Crippen LogP contribution in [0.15, 0.2) is 104 Å². The molecular formula is C32H34N4O3. The SMILES string of the molecule is CCCC/C(N=C(C)N(C)Cc1ccccc1)=C(/C=O)Cc1ccc(-c2ccccc2-c2noc(=O)[nH]2)cc1. The fourth-order valence-electron chi connectivity index (χ4n) is 4.41. The first-order chi connectivity index (χ1) is 19.0. The predicted molar refractivity (Wildman–Crippen MR) is 155 cm³/mol. The van der Waals surface area contributed by atoms with Crippen LogP contribution < -0.4 is 5.76 Å². The third kappa shape index (κ3) is 7.29. The van der Waals surface area contributed by atoms with E-state index in [1.807, 2.05) is 80.7 Å². The monoisotopic (exact) mass is 522 g/mol. The van der Waals surface area contributed by atoms with E-state index in [1.165, 1.54) is 5.56 Å². The van der Waals surface area contributed by atoms with E-state index in [1.54, 1.807) is 0 Å². The molecular weight excluding hydrogens is 488 g/mol. The molecule has 4 rings (SSSR count). The molecule has 1 aromatic heterocycles. The van der Waals surface area contributed by atoms with Gasteiger partial charge in [-0.2, -0.15) is 0 Å². The van der Waals surface area contributed by atoms with Gasteiger partial charge in [-0.3, -0.25) is 14.3 Å². The minimum atomic E-state index is -0.591. The van der Waals surface area contributed by atoms with Gasteiger partial charge in [-0.15, -0.1) is 0 Å². The summed E-state index contributed by atoms with van der Waals surface area (Å²) in [6.07, 6.45) is 4.19. The van der Waals surface area contributed by atoms with Crippen molar-refractivity contribution < 1.29 is 9.32 Å². The number of aromatic nitrogens is 2. The number of carbonyl (C=O) groups is 1. The van der Waals surface area contributed by atoms with Gasteiger partial charge in [-0.05, 0) is 42.0 Å². The standard InChI is InChI=1S/C32H34N4O3/c1-4-5-15-30(33-23(2)36(3)21-25-11-7-6-8-12-25)27(22-37)20-24-16-18-26(19-17-24)28-13-9-10-14-29(28)31-34-32(38)39-35-31/h6-14,16-19,22H,4-5,15,20-21H2,1-3H3,(H,34,35,38)/b30-27-,33-23?. The molecule has 0 bridgehead atoms. The first-order valence-electron chi connectivity index (χ1n) is 13.2. The third-order valence-electron chi connectivity index (χ3n) is 6.67. The molecule has 0 aliphatic carbocycles. The molecule has 7 heteroatoms. The number of rotatable bonds is 11. The number of aldehydes is 1. The molecule has 1 N–H and O–H groups in total. The lowest BCUT2D eigenvalue weighted by atomic mass is 9.96. The van der Waals surface area contributed by atoms with Crippen LogP contribution in [0.25, 0.3) is 22.5 Å². The van der Waals surface area contributed by atoms with E-state index in [-0.39, 0.29) is 0 Å². The van der Waals surface area contributed by atoms with E-state index < -0.39 is 5.76 Å². The maximum absolute atomic E-state index is 12.3. The number of allylic oxidation sites excluding steroid dienone is 2. The molecule has 0 saturated carbocycles. The lowest BCUT2D eigenvalue weighted by molar-refractivity contribution is -0.105. The van der Waals surface area contributed by atoms with Gasteiger partial charge in [-0.1, -0.05) is 97.4 Å². The van der Waals surface area contributed by atoms with Crippen LogP contribution in [-0.4, -0.2) is 34.2 Å². The minimum Gasteiger partial charge on any atom is -0.359 e. The van der Waals surface area contributed by atoms with Gasteiger partial charge in [0.25, 0.3) is 0 Å². The predicted octanol–water partition coefficient (Wildman–Crippen LogP) is 6.43. The molecule has 1 heterocycles. The molecule has 0 aliphatic rings. The molecule has 200 valence electrons. The summed E-state index contributed by atoms with van der Waals surface area (Å²) in [5.74, 6) is 0.672. The first-order valence-corrected chi connectivity index (χ1v) is 13.2. The van der Waals surface area contributed by atoms with Crippen molar-refractivity contribution in [2.24, 2.45) is 4.99 Å². The highest BCUT2D eigenvalue weighted by molar-refractivity contribution is 5.83. The second kappa shape index (κ2) is 13.3. The molecule has 0 atom stereocenters. The van der Waals surface area contributed by atoms with Crippen molar-refractivity contribution in [1.82, 2.24) is 15.0 Å². The zero-order valence-electron chi connectivity index (χ0n) is 22.7. The van der Waals surface area contributed by atoms with Gasteiger partial charge in [0.2, 0.25) is 0 Å². The van der Waals surface area contributed by atoms with Crippen LogP contribution in [0, 0.1) is 0 Å². The molecule has 0 aliphatic heterocycles. The Hall–Kier alpha value is -4.52. The summed E-state index contributed by atoms with van der Waals surface area (Å²) in [5.41, 5.74) is 6.43. The summed E-state index contributed by atoms with van der Waals surface area (Å²) in [5, 5.41) is 3.84. The van der Waals surface area contributed by atoms with E-state index in [0.29, 0.717) is 17.8 Å². The number of carbonyl (C=O) groups excluding carboxylic acids is 1. The van der Waals surface area contributed by atoms with Crippen molar-refractivity contribution in [3.8, 4) is 22.5 Å². The van der Waals surface area contributed by atoms with E-state index >= 15 is 0 Å². The molecule has 3 aromatic carbocycles. The number of aliphatic imine (C=N–C) groups is 1. The van der Waals surface area contributed by atoms with Crippen molar-refractivity contribution >= 4 is 12.1 Å². The molecule has 0 spiro atoms. The maximum atomic E-state index is 12.3. The van der Waals surface area contributed by atoms with Gasteiger partial charge in [0.15, 0.2) is 5.82 Å². The van der Waals surface area contributed by atoms with Gasteiger partial charge >= 0.3 is 5.76 Å². The van der Waals surface area contributed by atoms with Gasteiger partial charge in [0.1, 0.15) is 12.1 Å². The largest absolute Gasteiger partial charge is 0.439 e. The molecule has 39 heavy (non-hydrogen) atoms. The van der Waals surface area contributed by atoms with E-state index in [2.05, 4.69) is 34.1 Å². The lowest BCUT2D eigenvalue weighted by Gasteiger charge is -2.20. The van der Waals surface area contributed by atoms with Gasteiger partial charge in [0, 0.05) is 36.8 Å². The van der Waals surface area contributed by atoms with Gasteiger partial charge in [-0.25, -0.2) is 9.79 Å². The quantitative estimate of drug-likeness (QED) is 0.106. The highest BCUT2D eigenvalue weighted by Gasteiger charge is 2.13. The summed E-state index contributed by atoms with van der Waals surface area (Å²) < 4.78 is 4.69. The first kappa shape index (κ1) is 27.5. The smallest absolute Gasteiger partial charge is 0.359 e. The van der Waals surface area contributed by atoms with Crippen molar-refractivity contribution in [1.29, 1.82) is 0 Å². The molecule has 0 unspecified atom stereocenters. The maximum Gasteiger partial charge on any atom is 0.439 e. The van der Waals surface area contributed by atoms with E-state index in [4.69, 9.17) is 9.52 Å². The Kier molecular flexibility index (Phi) is 9.40. The van der Waals surface area contributed by atoms with Crippen molar-refractivity contribution in [3.05, 3.63) is 112 Å². The zero-order valence-corrected chi connectivity index (χ0v) is 22.7. The van der Waals surface area contributed by atoms with Crippen molar-refractivity contribution in [2.75, 3.05) is 7.05 Å². The number of aromatic amines is 1. The number of benzene rings is 3. The number of hydrogen-bond donors (Lipinski definition) is 1. The van der Waals surface area contributed by atoms with Gasteiger partial charge < -0.3 is 4.90 Å². The molecule has 0 radical (unpaired) electrons. The summed E-state index contributed by atoms with van der Waals surface area (Å²) in [4.78, 5) is 33.4. The fourth-order valence-corrected chi connectivity index (χ4v) is 4.41. The fraction of sp³-hybridized carbons (Fsp3) is 0.250. The van der Waals surface area contributed by atoms with Crippen LogP contribution in [0.2, 0.25) is 0 Å². The normalized spacial score (nSPS) is 12.2. The summed E-state index contributed by atoms with van der Waals surface area (Å²) >= 11 is 0.